The van der Waals surface area contributed by atoms with Gasteiger partial charge in [-0.1, -0.05) is 0 Å². The Kier molecular flexibility index (Phi) is 4.62. The van der Waals surface area contributed by atoms with E-state index < -0.39 is 0 Å². The van der Waals surface area contributed by atoms with E-state index in [-0.39, 0.29) is 5.91 Å². The first-order valence-corrected chi connectivity index (χ1v) is 8.80. The van der Waals surface area contributed by atoms with Gasteiger partial charge in [0, 0.05) is 40.5 Å². The Morgan fingerprint density at radius 2 is 2.32 bits per heavy atom. The number of hydrogen-bond donors (Lipinski definition) is 1. The molecule has 2 aromatic heterocycles. The molecule has 0 saturated carbocycles. The van der Waals surface area contributed by atoms with E-state index in [0.29, 0.717) is 13.0 Å². The summed E-state index contributed by atoms with van der Waals surface area (Å²) in [4.78, 5) is 17.2. The summed E-state index contributed by atoms with van der Waals surface area (Å²) < 4.78 is 0. The van der Waals surface area contributed by atoms with Crippen LogP contribution in [0.2, 0.25) is 0 Å². The predicted octanol–water partition coefficient (Wildman–Crippen LogP) is 3.39. The number of H-pyrrole nitrogens is 1. The van der Waals surface area contributed by atoms with E-state index in [1.54, 1.807) is 0 Å². The van der Waals surface area contributed by atoms with Crippen molar-refractivity contribution >= 4 is 17.2 Å². The summed E-state index contributed by atoms with van der Waals surface area (Å²) in [7, 11) is 0. The molecule has 4 nitrogen and oxygen atoms in total. The summed E-state index contributed by atoms with van der Waals surface area (Å²) in [6.07, 6.45) is 6.45. The molecule has 3 heterocycles. The Labute approximate surface area is 135 Å². The molecule has 1 amide bonds. The standard InChI is InChI=1S/C17H23N3OS/c1-12-9-14(13(2)22-12)5-3-7-17(21)20-8-4-6-16-15(11-20)10-18-19-16/h9-10H,3-8,11H2,1-2H3,(H,18,19). The number of carbonyl (C=O) groups is 1. The Hall–Kier alpha value is -1.62. The highest BCUT2D eigenvalue weighted by Gasteiger charge is 2.19. The van der Waals surface area contributed by atoms with Crippen LogP contribution in [0.4, 0.5) is 0 Å². The van der Waals surface area contributed by atoms with Crippen LogP contribution in [-0.2, 0) is 24.2 Å². The van der Waals surface area contributed by atoms with Gasteiger partial charge in [0.05, 0.1) is 6.20 Å². The van der Waals surface area contributed by atoms with Crippen LogP contribution >= 0.6 is 11.3 Å². The first-order chi connectivity index (χ1) is 10.6. The fourth-order valence-electron chi connectivity index (χ4n) is 3.15. The maximum absolute atomic E-state index is 12.5. The van der Waals surface area contributed by atoms with E-state index in [4.69, 9.17) is 0 Å². The Morgan fingerprint density at radius 1 is 1.45 bits per heavy atom. The van der Waals surface area contributed by atoms with Crippen LogP contribution in [0.15, 0.2) is 12.3 Å². The number of carbonyl (C=O) groups excluding carboxylic acids is 1. The number of aryl methyl sites for hydroxylation is 4. The van der Waals surface area contributed by atoms with Crippen molar-refractivity contribution in [2.24, 2.45) is 0 Å². The van der Waals surface area contributed by atoms with E-state index >= 15 is 0 Å². The maximum atomic E-state index is 12.5. The van der Waals surface area contributed by atoms with Crippen molar-refractivity contribution in [2.45, 2.75) is 52.5 Å². The van der Waals surface area contributed by atoms with Crippen molar-refractivity contribution in [3.63, 3.8) is 0 Å². The monoisotopic (exact) mass is 317 g/mol. The van der Waals surface area contributed by atoms with Crippen molar-refractivity contribution in [1.29, 1.82) is 0 Å². The number of aromatic nitrogens is 2. The first kappa shape index (κ1) is 15.3. The molecule has 0 unspecified atom stereocenters. The molecule has 3 rings (SSSR count). The van der Waals surface area contributed by atoms with Gasteiger partial charge in [0.1, 0.15) is 0 Å². The highest BCUT2D eigenvalue weighted by molar-refractivity contribution is 7.12. The van der Waals surface area contributed by atoms with Gasteiger partial charge in [-0.3, -0.25) is 9.89 Å². The second kappa shape index (κ2) is 6.65. The molecule has 0 aromatic carbocycles. The number of nitrogens with one attached hydrogen (secondary N) is 1. The molecule has 0 spiro atoms. The average molecular weight is 317 g/mol. The zero-order valence-corrected chi connectivity index (χ0v) is 14.1. The summed E-state index contributed by atoms with van der Waals surface area (Å²) in [6.45, 7) is 5.88. The summed E-state index contributed by atoms with van der Waals surface area (Å²) in [6, 6.07) is 2.26. The second-order valence-corrected chi connectivity index (χ2v) is 7.55. The number of fused-ring (bicyclic) bond motifs is 1. The number of rotatable bonds is 4. The third kappa shape index (κ3) is 3.40. The fourth-order valence-corrected chi connectivity index (χ4v) is 4.13. The number of amides is 1. The average Bonchev–Trinajstić information content (AvgIpc) is 2.98. The molecule has 1 aliphatic rings. The molecule has 0 saturated heterocycles. The van der Waals surface area contributed by atoms with Gasteiger partial charge in [-0.2, -0.15) is 5.10 Å². The van der Waals surface area contributed by atoms with Gasteiger partial charge in [0.15, 0.2) is 0 Å². The minimum Gasteiger partial charge on any atom is -0.338 e. The van der Waals surface area contributed by atoms with Crippen molar-refractivity contribution in [1.82, 2.24) is 15.1 Å². The molecule has 5 heteroatoms. The molecule has 1 N–H and O–H groups in total. The highest BCUT2D eigenvalue weighted by atomic mass is 32.1. The minimum atomic E-state index is 0.277. The first-order valence-electron chi connectivity index (χ1n) is 7.98. The molecule has 2 aromatic rings. The van der Waals surface area contributed by atoms with Crippen LogP contribution < -0.4 is 0 Å². The topological polar surface area (TPSA) is 49.0 Å². The van der Waals surface area contributed by atoms with Crippen molar-refractivity contribution < 1.29 is 4.79 Å². The summed E-state index contributed by atoms with van der Waals surface area (Å²) in [5.74, 6) is 0.277. The van der Waals surface area contributed by atoms with Gasteiger partial charge in [-0.25, -0.2) is 0 Å². The van der Waals surface area contributed by atoms with E-state index in [9.17, 15) is 4.79 Å². The molecule has 0 bridgehead atoms. The molecule has 22 heavy (non-hydrogen) atoms. The lowest BCUT2D eigenvalue weighted by atomic mass is 10.1. The summed E-state index contributed by atoms with van der Waals surface area (Å²) in [5, 5.41) is 7.13. The Bertz CT molecular complexity index is 659. The van der Waals surface area contributed by atoms with Gasteiger partial charge in [0.25, 0.3) is 0 Å². The van der Waals surface area contributed by atoms with Crippen LogP contribution in [0.3, 0.4) is 0 Å². The van der Waals surface area contributed by atoms with E-state index in [1.165, 1.54) is 26.6 Å². The van der Waals surface area contributed by atoms with Gasteiger partial charge in [-0.15, -0.1) is 11.3 Å². The van der Waals surface area contributed by atoms with Crippen LogP contribution in [0.5, 0.6) is 0 Å². The third-order valence-corrected chi connectivity index (χ3v) is 5.36. The largest absolute Gasteiger partial charge is 0.338 e. The summed E-state index contributed by atoms with van der Waals surface area (Å²) >= 11 is 1.85. The van der Waals surface area contributed by atoms with Gasteiger partial charge >= 0.3 is 0 Å². The molecule has 0 aliphatic carbocycles. The minimum absolute atomic E-state index is 0.277. The molecule has 0 atom stereocenters. The second-order valence-electron chi connectivity index (χ2n) is 6.08. The Morgan fingerprint density at radius 3 is 3.09 bits per heavy atom. The van der Waals surface area contributed by atoms with E-state index in [2.05, 4.69) is 30.1 Å². The predicted molar refractivity (Wildman–Crippen MR) is 89.1 cm³/mol. The normalized spacial score (nSPS) is 14.7. The molecule has 118 valence electrons. The lowest BCUT2D eigenvalue weighted by molar-refractivity contribution is -0.131. The SMILES string of the molecule is Cc1cc(CCCC(=O)N2CCCc3[nH]ncc3C2)c(C)s1. The van der Waals surface area contributed by atoms with Crippen molar-refractivity contribution in [3.05, 3.63) is 38.8 Å². The number of thiophene rings is 1. The van der Waals surface area contributed by atoms with Crippen molar-refractivity contribution in [3.8, 4) is 0 Å². The quantitative estimate of drug-likeness (QED) is 0.939. The highest BCUT2D eigenvalue weighted by Crippen LogP contribution is 2.23. The van der Waals surface area contributed by atoms with Crippen LogP contribution in [0, 0.1) is 13.8 Å². The van der Waals surface area contributed by atoms with Gasteiger partial charge in [-0.05, 0) is 51.2 Å². The zero-order chi connectivity index (χ0) is 15.5. The van der Waals surface area contributed by atoms with Crippen molar-refractivity contribution in [2.75, 3.05) is 6.54 Å². The smallest absolute Gasteiger partial charge is 0.222 e. The van der Waals surface area contributed by atoms with E-state index in [0.717, 1.165) is 32.2 Å². The number of aromatic amines is 1. The molecule has 1 aliphatic heterocycles. The van der Waals surface area contributed by atoms with Gasteiger partial charge < -0.3 is 4.90 Å². The van der Waals surface area contributed by atoms with Gasteiger partial charge in [0.2, 0.25) is 5.91 Å². The Balaban J connectivity index is 1.53. The van der Waals surface area contributed by atoms with Crippen LogP contribution in [-0.4, -0.2) is 27.5 Å². The fraction of sp³-hybridized carbons (Fsp3) is 0.529. The zero-order valence-electron chi connectivity index (χ0n) is 13.3. The van der Waals surface area contributed by atoms with Crippen LogP contribution in [0.1, 0.15) is 45.8 Å². The molecular weight excluding hydrogens is 294 g/mol. The number of nitrogens with zero attached hydrogens (tertiary/aromatic N) is 2. The van der Waals surface area contributed by atoms with Crippen LogP contribution in [0.25, 0.3) is 0 Å². The lowest BCUT2D eigenvalue weighted by Gasteiger charge is -2.20. The summed E-state index contributed by atoms with van der Waals surface area (Å²) in [5.41, 5.74) is 3.78. The molecular formula is C17H23N3OS. The van der Waals surface area contributed by atoms with E-state index in [1.807, 2.05) is 22.4 Å². The molecule has 0 radical (unpaired) electrons. The maximum Gasteiger partial charge on any atom is 0.222 e. The number of hydrogen-bond acceptors (Lipinski definition) is 3. The third-order valence-electron chi connectivity index (χ3n) is 4.36. The molecule has 0 fully saturated rings. The lowest BCUT2D eigenvalue weighted by Crippen LogP contribution is -2.30.